The minimum Gasteiger partial charge on any atom is -0.378 e. The monoisotopic (exact) mass is 153 g/mol. The van der Waals surface area contributed by atoms with Crippen LogP contribution >= 0.6 is 0 Å². The van der Waals surface area contributed by atoms with Gasteiger partial charge in [-0.2, -0.15) is 0 Å². The fourth-order valence-corrected chi connectivity index (χ4v) is 0.825. The molecule has 0 heterocycles. The van der Waals surface area contributed by atoms with E-state index < -0.39 is 0 Å². The Kier molecular flexibility index (Phi) is 4.67. The first-order valence-corrected chi connectivity index (χ1v) is 4.12. The summed E-state index contributed by atoms with van der Waals surface area (Å²) in [5.41, 5.74) is 2.70. The van der Waals surface area contributed by atoms with E-state index in [2.05, 4.69) is 51.9 Å². The molecule has 0 amide bonds. The van der Waals surface area contributed by atoms with Crippen LogP contribution in [0.2, 0.25) is 0 Å². The SMILES string of the molecule is CC=C(C=C(C)CC)N(C)C. The highest BCUT2D eigenvalue weighted by atomic mass is 15.1. The average Bonchev–Trinajstić information content (AvgIpc) is 1.99. The summed E-state index contributed by atoms with van der Waals surface area (Å²) < 4.78 is 0. The first kappa shape index (κ1) is 10.3. The van der Waals surface area contributed by atoms with Crippen molar-refractivity contribution in [1.29, 1.82) is 0 Å². The lowest BCUT2D eigenvalue weighted by molar-refractivity contribution is 0.527. The molecule has 0 radical (unpaired) electrons. The van der Waals surface area contributed by atoms with Crippen molar-refractivity contribution in [2.24, 2.45) is 0 Å². The van der Waals surface area contributed by atoms with Gasteiger partial charge in [0.15, 0.2) is 0 Å². The van der Waals surface area contributed by atoms with Crippen LogP contribution in [0, 0.1) is 0 Å². The summed E-state index contributed by atoms with van der Waals surface area (Å²) in [5, 5.41) is 0. The second-order valence-corrected chi connectivity index (χ2v) is 2.95. The van der Waals surface area contributed by atoms with E-state index in [1.54, 1.807) is 0 Å². The molecule has 0 aromatic rings. The molecule has 0 N–H and O–H groups in total. The highest BCUT2D eigenvalue weighted by Crippen LogP contribution is 2.06. The van der Waals surface area contributed by atoms with Crippen LogP contribution in [0.25, 0.3) is 0 Å². The average molecular weight is 153 g/mol. The molecular weight excluding hydrogens is 134 g/mol. The molecule has 1 nitrogen and oxygen atoms in total. The molecule has 0 atom stereocenters. The first-order valence-electron chi connectivity index (χ1n) is 4.12. The third-order valence-electron chi connectivity index (χ3n) is 1.76. The van der Waals surface area contributed by atoms with E-state index in [0.717, 1.165) is 6.42 Å². The van der Waals surface area contributed by atoms with Crippen molar-refractivity contribution < 1.29 is 0 Å². The van der Waals surface area contributed by atoms with Crippen LogP contribution in [0.1, 0.15) is 27.2 Å². The van der Waals surface area contributed by atoms with Gasteiger partial charge in [0.25, 0.3) is 0 Å². The number of hydrogen-bond acceptors (Lipinski definition) is 1. The molecule has 0 bridgehead atoms. The van der Waals surface area contributed by atoms with Gasteiger partial charge in [-0.1, -0.05) is 18.6 Å². The van der Waals surface area contributed by atoms with E-state index in [1.807, 2.05) is 0 Å². The molecule has 64 valence electrons. The summed E-state index contributed by atoms with van der Waals surface area (Å²) in [5.74, 6) is 0. The molecule has 0 aliphatic heterocycles. The molecule has 0 unspecified atom stereocenters. The summed E-state index contributed by atoms with van der Waals surface area (Å²) >= 11 is 0. The lowest BCUT2D eigenvalue weighted by atomic mass is 10.2. The van der Waals surface area contributed by atoms with Gasteiger partial charge in [0.05, 0.1) is 0 Å². The van der Waals surface area contributed by atoms with Gasteiger partial charge in [0.2, 0.25) is 0 Å². The lowest BCUT2D eigenvalue weighted by Crippen LogP contribution is -2.09. The molecule has 11 heavy (non-hydrogen) atoms. The summed E-state index contributed by atoms with van der Waals surface area (Å²) in [6, 6.07) is 0. The Morgan fingerprint density at radius 1 is 1.36 bits per heavy atom. The number of hydrogen-bond donors (Lipinski definition) is 0. The molecule has 0 fully saturated rings. The molecule has 0 saturated heterocycles. The van der Waals surface area contributed by atoms with E-state index in [4.69, 9.17) is 0 Å². The maximum Gasteiger partial charge on any atom is 0.0317 e. The minimum absolute atomic E-state index is 1.13. The fraction of sp³-hybridized carbons (Fsp3) is 0.600. The summed E-state index contributed by atoms with van der Waals surface area (Å²) in [7, 11) is 4.13. The van der Waals surface area contributed by atoms with E-state index in [-0.39, 0.29) is 0 Å². The van der Waals surface area contributed by atoms with Crippen molar-refractivity contribution in [2.75, 3.05) is 14.1 Å². The number of rotatable bonds is 3. The van der Waals surface area contributed by atoms with Gasteiger partial charge in [-0.25, -0.2) is 0 Å². The minimum atomic E-state index is 1.13. The summed E-state index contributed by atoms with van der Waals surface area (Å²) in [4.78, 5) is 2.12. The Bertz CT molecular complexity index is 164. The summed E-state index contributed by atoms with van der Waals surface area (Å²) in [6.45, 7) is 6.40. The second-order valence-electron chi connectivity index (χ2n) is 2.95. The third kappa shape index (κ3) is 3.87. The predicted octanol–water partition coefficient (Wildman–Crippen LogP) is 2.81. The van der Waals surface area contributed by atoms with Crippen LogP contribution in [0.15, 0.2) is 23.4 Å². The maximum absolute atomic E-state index is 2.22. The van der Waals surface area contributed by atoms with Crippen molar-refractivity contribution in [1.82, 2.24) is 4.90 Å². The molecule has 1 heteroatoms. The van der Waals surface area contributed by atoms with Gasteiger partial charge in [-0.3, -0.25) is 0 Å². The molecule has 0 spiro atoms. The molecule has 0 aromatic heterocycles. The van der Waals surface area contributed by atoms with Crippen LogP contribution in [-0.2, 0) is 0 Å². The zero-order valence-electron chi connectivity index (χ0n) is 8.31. The third-order valence-corrected chi connectivity index (χ3v) is 1.76. The zero-order valence-corrected chi connectivity index (χ0v) is 8.31. The number of likely N-dealkylation sites (N-methyl/N-ethyl adjacent to an activating group) is 1. The van der Waals surface area contributed by atoms with Crippen molar-refractivity contribution in [3.05, 3.63) is 23.4 Å². The molecule has 0 saturated carbocycles. The fourth-order valence-electron chi connectivity index (χ4n) is 0.825. The van der Waals surface area contributed by atoms with Crippen LogP contribution in [0.3, 0.4) is 0 Å². The van der Waals surface area contributed by atoms with Crippen LogP contribution in [0.5, 0.6) is 0 Å². The molecule has 0 aromatic carbocycles. The number of nitrogens with zero attached hydrogens (tertiary/aromatic N) is 1. The van der Waals surface area contributed by atoms with Crippen LogP contribution in [-0.4, -0.2) is 19.0 Å². The lowest BCUT2D eigenvalue weighted by Gasteiger charge is -2.13. The van der Waals surface area contributed by atoms with Gasteiger partial charge in [-0.15, -0.1) is 0 Å². The van der Waals surface area contributed by atoms with Gasteiger partial charge in [0, 0.05) is 19.8 Å². The van der Waals surface area contributed by atoms with Gasteiger partial charge >= 0.3 is 0 Å². The maximum atomic E-state index is 2.22. The predicted molar refractivity (Wildman–Crippen MR) is 51.5 cm³/mol. The topological polar surface area (TPSA) is 3.24 Å². The van der Waals surface area contributed by atoms with Crippen molar-refractivity contribution >= 4 is 0 Å². The van der Waals surface area contributed by atoms with E-state index in [0.29, 0.717) is 0 Å². The van der Waals surface area contributed by atoms with Crippen molar-refractivity contribution in [3.63, 3.8) is 0 Å². The van der Waals surface area contributed by atoms with Crippen LogP contribution < -0.4 is 0 Å². The second kappa shape index (κ2) is 5.00. The molecule has 0 aliphatic carbocycles. The van der Waals surface area contributed by atoms with E-state index in [1.165, 1.54) is 11.3 Å². The first-order chi connectivity index (χ1) is 5.11. The van der Waals surface area contributed by atoms with E-state index in [9.17, 15) is 0 Å². The molecule has 0 aliphatic rings. The molecule has 0 rings (SSSR count). The normalized spacial score (nSPS) is 13.5. The van der Waals surface area contributed by atoms with Gasteiger partial charge in [0.1, 0.15) is 0 Å². The smallest absolute Gasteiger partial charge is 0.0317 e. The molecular formula is C10H19N. The van der Waals surface area contributed by atoms with E-state index >= 15 is 0 Å². The quantitative estimate of drug-likeness (QED) is 0.563. The summed E-state index contributed by atoms with van der Waals surface area (Å²) in [6.07, 6.45) is 5.48. The van der Waals surface area contributed by atoms with Gasteiger partial charge in [-0.05, 0) is 26.3 Å². The Morgan fingerprint density at radius 2 is 1.91 bits per heavy atom. The van der Waals surface area contributed by atoms with Crippen LogP contribution in [0.4, 0.5) is 0 Å². The Labute approximate surface area is 70.4 Å². The van der Waals surface area contributed by atoms with Gasteiger partial charge < -0.3 is 4.90 Å². The Morgan fingerprint density at radius 3 is 2.18 bits per heavy atom. The highest BCUT2D eigenvalue weighted by molar-refractivity contribution is 5.20. The Balaban J connectivity index is 4.32. The number of allylic oxidation sites excluding steroid dienone is 3. The standard InChI is InChI=1S/C10H19N/c1-6-9(3)8-10(7-2)11(4)5/h7-8H,6H2,1-5H3. The largest absolute Gasteiger partial charge is 0.378 e. The highest BCUT2D eigenvalue weighted by Gasteiger charge is 1.93. The Hall–Kier alpha value is -0.720. The zero-order chi connectivity index (χ0) is 8.85. The van der Waals surface area contributed by atoms with Crippen molar-refractivity contribution in [3.8, 4) is 0 Å². The van der Waals surface area contributed by atoms with Crippen molar-refractivity contribution in [2.45, 2.75) is 27.2 Å².